The van der Waals surface area contributed by atoms with E-state index in [1.54, 1.807) is 0 Å². The topological polar surface area (TPSA) is 0 Å². The highest BCUT2D eigenvalue weighted by atomic mass is 14.2. The number of allylic oxidation sites excluding steroid dienone is 4. The smallest absolute Gasteiger partial charge is 0.00614 e. The van der Waals surface area contributed by atoms with E-state index in [-0.39, 0.29) is 0 Å². The summed E-state index contributed by atoms with van der Waals surface area (Å²) >= 11 is 0. The predicted octanol–water partition coefficient (Wildman–Crippen LogP) is 4.53. The van der Waals surface area contributed by atoms with Gasteiger partial charge in [-0.05, 0) is 51.4 Å². The largest absolute Gasteiger partial charge is 0.0985 e. The maximum Gasteiger partial charge on any atom is -0.00614 e. The molecule has 2 aromatic rings. The van der Waals surface area contributed by atoms with E-state index >= 15 is 0 Å². The van der Waals surface area contributed by atoms with Gasteiger partial charge in [-0.15, -0.1) is 0 Å². The molecular formula is C18H14. The van der Waals surface area contributed by atoms with Crippen molar-refractivity contribution in [2.45, 2.75) is 12.8 Å². The first-order chi connectivity index (χ1) is 8.88. The van der Waals surface area contributed by atoms with Gasteiger partial charge in [0.15, 0.2) is 0 Å². The van der Waals surface area contributed by atoms with Crippen LogP contribution >= 0.6 is 0 Å². The lowest BCUT2D eigenvalue weighted by Gasteiger charge is -2.24. The van der Waals surface area contributed by atoms with Gasteiger partial charge in [-0.25, -0.2) is 0 Å². The molecule has 0 fully saturated rings. The van der Waals surface area contributed by atoms with Crippen LogP contribution in [0.5, 0.6) is 0 Å². The van der Waals surface area contributed by atoms with E-state index in [0.29, 0.717) is 0 Å². The predicted molar refractivity (Wildman–Crippen MR) is 78.6 cm³/mol. The molecule has 0 radical (unpaired) electrons. The summed E-state index contributed by atoms with van der Waals surface area (Å²) in [7, 11) is 0. The quantitative estimate of drug-likeness (QED) is 0.675. The first-order valence-corrected chi connectivity index (χ1v) is 6.45. The average Bonchev–Trinajstić information content (AvgIpc) is 2.44. The molecule has 2 aliphatic carbocycles. The van der Waals surface area contributed by atoms with Crippen LogP contribution in [0.25, 0.3) is 22.4 Å². The minimum absolute atomic E-state index is 1.02. The van der Waals surface area contributed by atoms with Crippen molar-refractivity contribution < 1.29 is 0 Å². The van der Waals surface area contributed by atoms with Gasteiger partial charge in [-0.3, -0.25) is 0 Å². The Morgan fingerprint density at radius 2 is 1.94 bits per heavy atom. The summed E-state index contributed by atoms with van der Waals surface area (Å²) in [6.07, 6.45) is 10.9. The van der Waals surface area contributed by atoms with E-state index in [1.807, 2.05) is 6.08 Å². The molecule has 2 aliphatic rings. The molecule has 0 N–H and O–H groups in total. The van der Waals surface area contributed by atoms with Crippen molar-refractivity contribution in [3.8, 4) is 0 Å². The molecule has 0 bridgehead atoms. The van der Waals surface area contributed by atoms with E-state index in [0.717, 1.165) is 12.8 Å². The molecule has 0 aliphatic heterocycles. The second-order valence-corrected chi connectivity index (χ2v) is 5.01. The molecule has 4 rings (SSSR count). The summed E-state index contributed by atoms with van der Waals surface area (Å²) in [6, 6.07) is 8.94. The molecule has 0 amide bonds. The average molecular weight is 230 g/mol. The van der Waals surface area contributed by atoms with Crippen LogP contribution in [0.15, 0.2) is 49.1 Å². The van der Waals surface area contributed by atoms with Gasteiger partial charge in [0.05, 0.1) is 0 Å². The molecule has 0 aromatic heterocycles. The van der Waals surface area contributed by atoms with Crippen molar-refractivity contribution in [3.05, 3.63) is 71.3 Å². The zero-order valence-corrected chi connectivity index (χ0v) is 10.2. The zero-order valence-electron chi connectivity index (χ0n) is 10.2. The van der Waals surface area contributed by atoms with Crippen LogP contribution in [0.2, 0.25) is 0 Å². The maximum atomic E-state index is 3.94. The van der Waals surface area contributed by atoms with E-state index in [2.05, 4.69) is 49.1 Å². The fourth-order valence-electron chi connectivity index (χ4n) is 3.24. The second-order valence-electron chi connectivity index (χ2n) is 5.01. The van der Waals surface area contributed by atoms with Crippen LogP contribution in [0.3, 0.4) is 0 Å². The lowest BCUT2D eigenvalue weighted by molar-refractivity contribution is 1.20. The van der Waals surface area contributed by atoms with E-state index in [9.17, 15) is 0 Å². The Bertz CT molecular complexity index is 742. The Balaban J connectivity index is 2.22. The van der Waals surface area contributed by atoms with Gasteiger partial charge in [0.2, 0.25) is 0 Å². The third kappa shape index (κ3) is 1.15. The molecule has 0 atom stereocenters. The maximum absolute atomic E-state index is 3.94. The van der Waals surface area contributed by atoms with Crippen LogP contribution in [0.1, 0.15) is 22.3 Å². The summed E-state index contributed by atoms with van der Waals surface area (Å²) in [5.74, 6) is 0. The first kappa shape index (κ1) is 9.90. The first-order valence-electron chi connectivity index (χ1n) is 6.45. The molecule has 0 saturated heterocycles. The Labute approximate surface area is 107 Å². The van der Waals surface area contributed by atoms with Crippen LogP contribution in [0, 0.1) is 0 Å². The number of hydrogen-bond acceptors (Lipinski definition) is 0. The van der Waals surface area contributed by atoms with E-state index < -0.39 is 0 Å². The number of rotatable bonds is 1. The van der Waals surface area contributed by atoms with Gasteiger partial charge in [0.1, 0.15) is 0 Å². The highest BCUT2D eigenvalue weighted by molar-refractivity contribution is 6.03. The van der Waals surface area contributed by atoms with Crippen LogP contribution in [-0.2, 0) is 12.8 Å². The molecule has 86 valence electrons. The second kappa shape index (κ2) is 3.46. The Kier molecular flexibility index (Phi) is 1.90. The minimum atomic E-state index is 1.02. The van der Waals surface area contributed by atoms with E-state index in [4.69, 9.17) is 0 Å². The molecule has 0 nitrogen and oxygen atoms in total. The molecular weight excluding hydrogens is 216 g/mol. The summed E-state index contributed by atoms with van der Waals surface area (Å²) in [5.41, 5.74) is 7.04. The third-order valence-corrected chi connectivity index (χ3v) is 4.09. The third-order valence-electron chi connectivity index (χ3n) is 4.09. The van der Waals surface area contributed by atoms with Crippen molar-refractivity contribution in [2.24, 2.45) is 0 Å². The highest BCUT2D eigenvalue weighted by Gasteiger charge is 2.20. The zero-order chi connectivity index (χ0) is 12.1. The fourth-order valence-corrected chi connectivity index (χ4v) is 3.24. The minimum Gasteiger partial charge on any atom is -0.0985 e. The highest BCUT2D eigenvalue weighted by Crippen LogP contribution is 2.39. The molecule has 2 aromatic carbocycles. The fraction of sp³-hybridized carbons (Fsp3) is 0.111. The molecule has 0 heterocycles. The van der Waals surface area contributed by atoms with Gasteiger partial charge in [-0.2, -0.15) is 0 Å². The van der Waals surface area contributed by atoms with Gasteiger partial charge in [0, 0.05) is 0 Å². The SMILES string of the molecule is C=Cc1ccc2ccc3c4c2c1CC=C4C=CC3. The van der Waals surface area contributed by atoms with Gasteiger partial charge in [0.25, 0.3) is 0 Å². The van der Waals surface area contributed by atoms with Crippen molar-refractivity contribution in [3.63, 3.8) is 0 Å². The van der Waals surface area contributed by atoms with Crippen molar-refractivity contribution in [1.29, 1.82) is 0 Å². The van der Waals surface area contributed by atoms with Crippen LogP contribution < -0.4 is 0 Å². The normalized spacial score (nSPS) is 15.7. The van der Waals surface area contributed by atoms with Gasteiger partial charge in [-0.1, -0.05) is 55.1 Å². The number of benzene rings is 2. The van der Waals surface area contributed by atoms with Crippen molar-refractivity contribution >= 4 is 22.4 Å². The Morgan fingerprint density at radius 3 is 2.83 bits per heavy atom. The van der Waals surface area contributed by atoms with E-state index in [1.165, 1.54) is 38.6 Å². The Morgan fingerprint density at radius 1 is 1.06 bits per heavy atom. The molecule has 0 saturated carbocycles. The molecule has 18 heavy (non-hydrogen) atoms. The van der Waals surface area contributed by atoms with Crippen molar-refractivity contribution in [2.75, 3.05) is 0 Å². The monoisotopic (exact) mass is 230 g/mol. The van der Waals surface area contributed by atoms with Gasteiger partial charge < -0.3 is 0 Å². The lowest BCUT2D eigenvalue weighted by atomic mass is 9.80. The lowest BCUT2D eigenvalue weighted by Crippen LogP contribution is -2.05. The standard InChI is InChI=1S/C18H14/c1-2-12-6-7-15-9-8-13-4-3-5-14-10-11-16(12)18(15)17(13)14/h2-3,5-10H,1,4,11H2. The van der Waals surface area contributed by atoms with Crippen LogP contribution in [0.4, 0.5) is 0 Å². The Hall–Kier alpha value is -2.08. The molecule has 0 spiro atoms. The molecule has 0 heteroatoms. The summed E-state index contributed by atoms with van der Waals surface area (Å²) in [6.45, 7) is 3.94. The molecule has 0 unspecified atom stereocenters. The summed E-state index contributed by atoms with van der Waals surface area (Å²) in [5, 5.41) is 2.81. The van der Waals surface area contributed by atoms with Crippen molar-refractivity contribution in [1.82, 2.24) is 0 Å². The summed E-state index contributed by atoms with van der Waals surface area (Å²) < 4.78 is 0. The van der Waals surface area contributed by atoms with Crippen LogP contribution in [-0.4, -0.2) is 0 Å². The van der Waals surface area contributed by atoms with Gasteiger partial charge >= 0.3 is 0 Å². The number of hydrogen-bond donors (Lipinski definition) is 0. The summed E-state index contributed by atoms with van der Waals surface area (Å²) in [4.78, 5) is 0.